The van der Waals surface area contributed by atoms with E-state index in [2.05, 4.69) is 9.80 Å². The van der Waals surface area contributed by atoms with E-state index in [9.17, 15) is 13.2 Å². The number of rotatable bonds is 4. The van der Waals surface area contributed by atoms with Gasteiger partial charge in [0, 0.05) is 31.1 Å². The van der Waals surface area contributed by atoms with Crippen LogP contribution < -0.4 is 10.6 Å². The number of hydrogen-bond donors (Lipinski definition) is 1. The maximum Gasteiger partial charge on any atom is 0.234 e. The number of amides is 1. The fraction of sp³-hybridized carbons (Fsp3) is 0.588. The summed E-state index contributed by atoms with van der Waals surface area (Å²) in [7, 11) is -3.15. The van der Waals surface area contributed by atoms with E-state index in [4.69, 9.17) is 5.73 Å². The van der Waals surface area contributed by atoms with Gasteiger partial charge in [-0.05, 0) is 56.5 Å². The Labute approximate surface area is 143 Å². The zero-order chi connectivity index (χ0) is 17.3. The van der Waals surface area contributed by atoms with E-state index < -0.39 is 9.84 Å². The fourth-order valence-corrected chi connectivity index (χ4v) is 4.52. The van der Waals surface area contributed by atoms with Crippen molar-refractivity contribution in [2.24, 2.45) is 5.73 Å². The molecule has 7 heteroatoms. The lowest BCUT2D eigenvalue weighted by Crippen LogP contribution is -2.50. The van der Waals surface area contributed by atoms with E-state index in [0.29, 0.717) is 10.9 Å². The van der Waals surface area contributed by atoms with Gasteiger partial charge in [0.1, 0.15) is 0 Å². The van der Waals surface area contributed by atoms with Crippen molar-refractivity contribution in [3.05, 3.63) is 24.3 Å². The number of nitrogens with zero attached hydrogens (tertiary/aromatic N) is 2. The summed E-state index contributed by atoms with van der Waals surface area (Å²) in [6.45, 7) is 2.77. The first kappa shape index (κ1) is 17.2. The Hall–Kier alpha value is -1.60. The molecule has 0 bridgehead atoms. The third-order valence-electron chi connectivity index (χ3n) is 5.19. The van der Waals surface area contributed by atoms with Crippen LogP contribution in [0.25, 0.3) is 0 Å². The minimum atomic E-state index is -3.15. The Morgan fingerprint density at radius 3 is 2.25 bits per heavy atom. The van der Waals surface area contributed by atoms with Gasteiger partial charge in [0.05, 0.1) is 10.9 Å². The van der Waals surface area contributed by atoms with Crippen molar-refractivity contribution in [2.45, 2.75) is 42.7 Å². The molecule has 0 spiro atoms. The molecule has 2 aliphatic rings. The molecular weight excluding hydrogens is 326 g/mol. The van der Waals surface area contributed by atoms with Gasteiger partial charge in [0.25, 0.3) is 0 Å². The van der Waals surface area contributed by atoms with E-state index in [1.165, 1.54) is 6.26 Å². The van der Waals surface area contributed by atoms with Gasteiger partial charge in [-0.1, -0.05) is 0 Å². The number of likely N-dealkylation sites (tertiary alicyclic amines) is 1. The first-order chi connectivity index (χ1) is 11.4. The van der Waals surface area contributed by atoms with E-state index in [0.717, 1.165) is 51.0 Å². The molecule has 6 nitrogen and oxygen atoms in total. The summed E-state index contributed by atoms with van der Waals surface area (Å²) < 4.78 is 23.1. The topological polar surface area (TPSA) is 83.7 Å². The van der Waals surface area contributed by atoms with Crippen LogP contribution in [-0.2, 0) is 14.6 Å². The molecule has 1 aromatic carbocycles. The number of piperidine rings is 1. The number of carbonyl (C=O) groups is 1. The number of hydrogen-bond acceptors (Lipinski definition) is 5. The summed E-state index contributed by atoms with van der Waals surface area (Å²) in [6, 6.07) is 7.39. The molecule has 132 valence electrons. The predicted octanol–water partition coefficient (Wildman–Crippen LogP) is 1.01. The van der Waals surface area contributed by atoms with Gasteiger partial charge in [-0.15, -0.1) is 0 Å². The van der Waals surface area contributed by atoms with Crippen molar-refractivity contribution in [2.75, 3.05) is 30.8 Å². The van der Waals surface area contributed by atoms with Gasteiger partial charge in [-0.3, -0.25) is 9.69 Å². The third-order valence-corrected chi connectivity index (χ3v) is 6.31. The third kappa shape index (κ3) is 3.57. The van der Waals surface area contributed by atoms with E-state index in [1.54, 1.807) is 12.1 Å². The largest absolute Gasteiger partial charge is 0.371 e. The molecule has 0 aliphatic carbocycles. The van der Waals surface area contributed by atoms with E-state index >= 15 is 0 Å². The highest BCUT2D eigenvalue weighted by molar-refractivity contribution is 7.90. The first-order valence-corrected chi connectivity index (χ1v) is 10.4. The Balaban J connectivity index is 1.62. The van der Waals surface area contributed by atoms with E-state index in [-0.39, 0.29) is 11.9 Å². The molecule has 2 saturated heterocycles. The van der Waals surface area contributed by atoms with Crippen LogP contribution in [0.2, 0.25) is 0 Å². The van der Waals surface area contributed by atoms with Crippen LogP contribution in [-0.4, -0.2) is 57.2 Å². The highest BCUT2D eigenvalue weighted by Crippen LogP contribution is 2.28. The van der Waals surface area contributed by atoms with E-state index in [1.807, 2.05) is 12.1 Å². The molecule has 1 amide bonds. The van der Waals surface area contributed by atoms with Crippen molar-refractivity contribution < 1.29 is 13.2 Å². The standard InChI is InChI=1S/C17H25N3O3S/c1-24(22,23)15-6-4-13(5-7-15)19-11-8-14(9-12-19)20-10-2-3-16(20)17(18)21/h4-7,14,16H,2-3,8-12H2,1H3,(H2,18,21). The smallest absolute Gasteiger partial charge is 0.234 e. The lowest BCUT2D eigenvalue weighted by atomic mass is 10.0. The number of benzene rings is 1. The second kappa shape index (κ2) is 6.72. The summed E-state index contributed by atoms with van der Waals surface area (Å²) in [5.74, 6) is -0.203. The monoisotopic (exact) mass is 351 g/mol. The average molecular weight is 351 g/mol. The Kier molecular flexibility index (Phi) is 4.83. The van der Waals surface area contributed by atoms with Crippen LogP contribution in [0.3, 0.4) is 0 Å². The maximum atomic E-state index is 11.6. The minimum Gasteiger partial charge on any atom is -0.371 e. The Morgan fingerprint density at radius 2 is 1.71 bits per heavy atom. The second-order valence-electron chi connectivity index (χ2n) is 6.78. The van der Waals surface area contributed by atoms with Crippen LogP contribution >= 0.6 is 0 Å². The van der Waals surface area contributed by atoms with Gasteiger partial charge in [-0.2, -0.15) is 0 Å². The molecule has 3 rings (SSSR count). The van der Waals surface area contributed by atoms with Crippen LogP contribution in [0.1, 0.15) is 25.7 Å². The molecule has 2 N–H and O–H groups in total. The Bertz CT molecular complexity index is 694. The molecule has 1 aromatic rings. The molecule has 2 heterocycles. The molecule has 1 atom stereocenters. The van der Waals surface area contributed by atoms with Gasteiger partial charge in [0.2, 0.25) is 5.91 Å². The quantitative estimate of drug-likeness (QED) is 0.875. The summed E-state index contributed by atoms with van der Waals surface area (Å²) in [6.07, 6.45) is 5.14. The normalized spacial score (nSPS) is 23.5. The zero-order valence-corrected chi connectivity index (χ0v) is 14.8. The van der Waals surface area contributed by atoms with Crippen LogP contribution in [0.15, 0.2) is 29.2 Å². The number of anilines is 1. The van der Waals surface area contributed by atoms with Gasteiger partial charge < -0.3 is 10.6 Å². The molecule has 0 aromatic heterocycles. The number of primary amides is 1. The molecule has 24 heavy (non-hydrogen) atoms. The van der Waals surface area contributed by atoms with Crippen molar-refractivity contribution in [3.8, 4) is 0 Å². The summed E-state index contributed by atoms with van der Waals surface area (Å²) in [5.41, 5.74) is 6.57. The summed E-state index contributed by atoms with van der Waals surface area (Å²) >= 11 is 0. The van der Waals surface area contributed by atoms with Crippen molar-refractivity contribution in [1.29, 1.82) is 0 Å². The lowest BCUT2D eigenvalue weighted by molar-refractivity contribution is -0.123. The minimum absolute atomic E-state index is 0.101. The number of sulfone groups is 1. The molecule has 0 radical (unpaired) electrons. The van der Waals surface area contributed by atoms with Crippen molar-refractivity contribution in [1.82, 2.24) is 4.90 Å². The van der Waals surface area contributed by atoms with Crippen LogP contribution in [0.5, 0.6) is 0 Å². The molecule has 1 unspecified atom stereocenters. The van der Waals surface area contributed by atoms with Crippen molar-refractivity contribution in [3.63, 3.8) is 0 Å². The summed E-state index contributed by atoms with van der Waals surface area (Å²) in [5, 5.41) is 0. The second-order valence-corrected chi connectivity index (χ2v) is 8.80. The maximum absolute atomic E-state index is 11.6. The summed E-state index contributed by atoms with van der Waals surface area (Å²) in [4.78, 5) is 16.5. The SMILES string of the molecule is CS(=O)(=O)c1ccc(N2CCC(N3CCCC3C(N)=O)CC2)cc1. The highest BCUT2D eigenvalue weighted by atomic mass is 32.2. The number of nitrogens with two attached hydrogens (primary N) is 1. The molecule has 2 fully saturated rings. The number of carbonyl (C=O) groups excluding carboxylic acids is 1. The zero-order valence-electron chi connectivity index (χ0n) is 14.0. The molecular formula is C17H25N3O3S. The molecule has 2 aliphatic heterocycles. The Morgan fingerprint density at radius 1 is 1.08 bits per heavy atom. The van der Waals surface area contributed by atoms with Crippen LogP contribution in [0, 0.1) is 0 Å². The average Bonchev–Trinajstić information content (AvgIpc) is 3.04. The highest BCUT2D eigenvalue weighted by Gasteiger charge is 2.35. The van der Waals surface area contributed by atoms with Gasteiger partial charge in [-0.25, -0.2) is 8.42 Å². The predicted molar refractivity (Wildman–Crippen MR) is 93.7 cm³/mol. The van der Waals surface area contributed by atoms with Gasteiger partial charge >= 0.3 is 0 Å². The fourth-order valence-electron chi connectivity index (χ4n) is 3.89. The van der Waals surface area contributed by atoms with Crippen molar-refractivity contribution >= 4 is 21.4 Å². The van der Waals surface area contributed by atoms with Crippen LogP contribution in [0.4, 0.5) is 5.69 Å². The molecule has 0 saturated carbocycles. The lowest BCUT2D eigenvalue weighted by Gasteiger charge is -2.39. The first-order valence-electron chi connectivity index (χ1n) is 8.46. The van der Waals surface area contributed by atoms with Gasteiger partial charge in [0.15, 0.2) is 9.84 Å².